The molecule has 0 aliphatic carbocycles. The fraction of sp³-hybridized carbons (Fsp3) is 0.841. The van der Waals surface area contributed by atoms with Crippen molar-refractivity contribution in [2.45, 2.75) is 361 Å². The first-order valence-electron chi connectivity index (χ1n) is 33.1. The van der Waals surface area contributed by atoms with Crippen LogP contribution < -0.4 is 0 Å². The highest BCUT2D eigenvalue weighted by Crippen LogP contribution is 2.17. The average Bonchev–Trinajstić information content (AvgIpc) is 3.41. The van der Waals surface area contributed by atoms with Gasteiger partial charge in [-0.2, -0.15) is 0 Å². The molecule has 6 heteroatoms. The highest BCUT2D eigenvalue weighted by molar-refractivity contribution is 5.71. The van der Waals surface area contributed by atoms with Crippen molar-refractivity contribution in [1.82, 2.24) is 0 Å². The van der Waals surface area contributed by atoms with Gasteiger partial charge in [0.05, 0.1) is 0 Å². The van der Waals surface area contributed by atoms with Gasteiger partial charge in [-0.05, 0) is 83.5 Å². The van der Waals surface area contributed by atoms with Crippen molar-refractivity contribution in [2.24, 2.45) is 0 Å². The molecule has 1 unspecified atom stereocenters. The Balaban J connectivity index is 4.17. The second-order valence-corrected chi connectivity index (χ2v) is 22.4. The maximum absolute atomic E-state index is 12.9. The lowest BCUT2D eigenvalue weighted by Gasteiger charge is -2.18. The molecule has 0 spiro atoms. The molecule has 0 aromatic rings. The van der Waals surface area contributed by atoms with Crippen molar-refractivity contribution >= 4 is 17.9 Å². The van der Waals surface area contributed by atoms with Crippen molar-refractivity contribution in [3.63, 3.8) is 0 Å². The van der Waals surface area contributed by atoms with Crippen molar-refractivity contribution in [1.29, 1.82) is 0 Å². The highest BCUT2D eigenvalue weighted by atomic mass is 16.6. The number of hydrogen-bond acceptors (Lipinski definition) is 6. The van der Waals surface area contributed by atoms with Gasteiger partial charge in [0.1, 0.15) is 13.2 Å². The molecule has 0 saturated carbocycles. The lowest BCUT2D eigenvalue weighted by molar-refractivity contribution is -0.167. The van der Waals surface area contributed by atoms with Gasteiger partial charge in [0.2, 0.25) is 0 Å². The van der Waals surface area contributed by atoms with Crippen LogP contribution in [0.25, 0.3) is 0 Å². The molecule has 0 rings (SSSR count). The maximum Gasteiger partial charge on any atom is 0.306 e. The third-order valence-corrected chi connectivity index (χ3v) is 14.8. The number of carbonyl (C=O) groups is 3. The van der Waals surface area contributed by atoms with Crippen LogP contribution in [0, 0.1) is 0 Å². The van der Waals surface area contributed by atoms with E-state index in [0.717, 1.165) is 70.6 Å². The molecule has 6 nitrogen and oxygen atoms in total. The van der Waals surface area contributed by atoms with Gasteiger partial charge in [-0.1, -0.05) is 301 Å². The Morgan fingerprint density at radius 3 is 0.760 bits per heavy atom. The van der Waals surface area contributed by atoms with Crippen LogP contribution in [-0.2, 0) is 28.6 Å². The number of carbonyl (C=O) groups excluding carboxylic acids is 3. The zero-order valence-corrected chi connectivity index (χ0v) is 50.3. The van der Waals surface area contributed by atoms with Gasteiger partial charge in [0, 0.05) is 19.3 Å². The van der Waals surface area contributed by atoms with E-state index in [1.807, 2.05) is 0 Å². The van der Waals surface area contributed by atoms with Crippen LogP contribution in [0.3, 0.4) is 0 Å². The maximum atomic E-state index is 12.9. The minimum atomic E-state index is -0.773. The van der Waals surface area contributed by atoms with Crippen molar-refractivity contribution < 1.29 is 28.6 Å². The fourth-order valence-electron chi connectivity index (χ4n) is 9.80. The molecule has 0 bridgehead atoms. The Morgan fingerprint density at radius 1 is 0.267 bits per heavy atom. The van der Waals surface area contributed by atoms with Crippen LogP contribution in [0.1, 0.15) is 355 Å². The van der Waals surface area contributed by atoms with E-state index in [0.29, 0.717) is 19.3 Å². The molecule has 0 radical (unpaired) electrons. The van der Waals surface area contributed by atoms with Crippen LogP contribution in [0.5, 0.6) is 0 Å². The number of ether oxygens (including phenoxy) is 3. The lowest BCUT2D eigenvalue weighted by atomic mass is 10.0. The zero-order valence-electron chi connectivity index (χ0n) is 50.3. The van der Waals surface area contributed by atoms with Gasteiger partial charge in [-0.15, -0.1) is 0 Å². The summed E-state index contributed by atoms with van der Waals surface area (Å²) in [6, 6.07) is 0. The third-order valence-electron chi connectivity index (χ3n) is 14.8. The second-order valence-electron chi connectivity index (χ2n) is 22.4. The summed E-state index contributed by atoms with van der Waals surface area (Å²) in [5.41, 5.74) is 0. The van der Waals surface area contributed by atoms with Gasteiger partial charge < -0.3 is 14.2 Å². The van der Waals surface area contributed by atoms with Gasteiger partial charge >= 0.3 is 17.9 Å². The summed E-state index contributed by atoms with van der Waals surface area (Å²) < 4.78 is 16.9. The molecule has 0 N–H and O–H groups in total. The van der Waals surface area contributed by atoms with Gasteiger partial charge in [0.25, 0.3) is 0 Å². The molecule has 0 aromatic heterocycles. The molecular weight excluding hydrogens is 925 g/mol. The van der Waals surface area contributed by atoms with E-state index >= 15 is 0 Å². The predicted molar refractivity (Wildman–Crippen MR) is 325 cm³/mol. The van der Waals surface area contributed by atoms with Crippen LogP contribution in [0.4, 0.5) is 0 Å². The number of rotatable bonds is 61. The van der Waals surface area contributed by atoms with Gasteiger partial charge in [-0.3, -0.25) is 14.4 Å². The van der Waals surface area contributed by atoms with E-state index in [2.05, 4.69) is 69.4 Å². The Kier molecular flexibility index (Phi) is 61.7. The molecule has 0 fully saturated rings. The monoisotopic (exact) mass is 1050 g/mol. The molecule has 0 amide bonds. The van der Waals surface area contributed by atoms with Crippen LogP contribution in [0.15, 0.2) is 48.6 Å². The van der Waals surface area contributed by atoms with E-state index in [-0.39, 0.29) is 31.1 Å². The zero-order chi connectivity index (χ0) is 54.3. The molecular formula is C69H126O6. The molecule has 0 aromatic carbocycles. The standard InChI is InChI=1S/C69H126O6/c1-4-7-10-13-16-19-22-24-26-28-29-30-31-32-33-34-35-36-37-38-39-41-42-44-47-50-53-56-59-62-68(71)74-65-66(64-73-67(70)61-58-55-52-49-46-21-18-15-12-9-6-3)75-69(72)63-60-57-54-51-48-45-43-40-27-25-23-20-17-14-11-8-5-2/h22,24-25,27-29,31-32,66H,4-21,23,26,30,33-65H2,1-3H3/b24-22-,27-25-,29-28-,32-31-. The Hall–Kier alpha value is -2.63. The van der Waals surface area contributed by atoms with Crippen LogP contribution in [-0.4, -0.2) is 37.2 Å². The number of hydrogen-bond donors (Lipinski definition) is 0. The first kappa shape index (κ1) is 72.4. The Morgan fingerprint density at radius 2 is 0.480 bits per heavy atom. The smallest absolute Gasteiger partial charge is 0.306 e. The number of allylic oxidation sites excluding steroid dienone is 8. The summed E-state index contributed by atoms with van der Waals surface area (Å²) in [5.74, 6) is -0.856. The SMILES string of the molecule is CCCCCCC/C=C\C/C=C\C/C=C\CCCCCCCCCCCCCCCCC(=O)OCC(COC(=O)CCCCCCCCCCCCC)OC(=O)CCCCCCCCC/C=C\CCCCCCCC. The van der Waals surface area contributed by atoms with E-state index in [1.165, 1.54) is 244 Å². The summed E-state index contributed by atoms with van der Waals surface area (Å²) in [4.78, 5) is 38.2. The number of unbranched alkanes of at least 4 members (excludes halogenated alkanes) is 42. The summed E-state index contributed by atoms with van der Waals surface area (Å²) in [7, 11) is 0. The Bertz CT molecular complexity index is 1300. The molecule has 0 aliphatic heterocycles. The molecule has 75 heavy (non-hydrogen) atoms. The summed E-state index contributed by atoms with van der Waals surface area (Å²) >= 11 is 0. The third kappa shape index (κ3) is 62.1. The van der Waals surface area contributed by atoms with Crippen molar-refractivity contribution in [2.75, 3.05) is 13.2 Å². The average molecular weight is 1050 g/mol. The quantitative estimate of drug-likeness (QED) is 0.0261. The minimum absolute atomic E-state index is 0.0705. The molecule has 0 saturated heterocycles. The van der Waals surface area contributed by atoms with Gasteiger partial charge in [-0.25, -0.2) is 0 Å². The molecule has 0 heterocycles. The topological polar surface area (TPSA) is 78.9 Å². The second kappa shape index (κ2) is 63.9. The predicted octanol–water partition coefficient (Wildman–Crippen LogP) is 22.6. The summed E-state index contributed by atoms with van der Waals surface area (Å²) in [6.45, 7) is 6.66. The Labute approximate surface area is 467 Å². The molecule has 438 valence electrons. The lowest BCUT2D eigenvalue weighted by Crippen LogP contribution is -2.30. The first-order valence-corrected chi connectivity index (χ1v) is 33.1. The van der Waals surface area contributed by atoms with Gasteiger partial charge in [0.15, 0.2) is 6.10 Å². The van der Waals surface area contributed by atoms with E-state index in [9.17, 15) is 14.4 Å². The van der Waals surface area contributed by atoms with E-state index < -0.39 is 6.10 Å². The summed E-state index contributed by atoms with van der Waals surface area (Å²) in [6.07, 6.45) is 79.9. The minimum Gasteiger partial charge on any atom is -0.462 e. The van der Waals surface area contributed by atoms with Crippen LogP contribution >= 0.6 is 0 Å². The normalized spacial score (nSPS) is 12.3. The fourth-order valence-corrected chi connectivity index (χ4v) is 9.80. The molecule has 0 aliphatic rings. The number of esters is 3. The largest absolute Gasteiger partial charge is 0.462 e. The molecule has 1 atom stereocenters. The van der Waals surface area contributed by atoms with E-state index in [1.54, 1.807) is 0 Å². The highest BCUT2D eigenvalue weighted by Gasteiger charge is 2.19. The van der Waals surface area contributed by atoms with Crippen molar-refractivity contribution in [3.05, 3.63) is 48.6 Å². The van der Waals surface area contributed by atoms with Crippen molar-refractivity contribution in [3.8, 4) is 0 Å². The van der Waals surface area contributed by atoms with Crippen LogP contribution in [0.2, 0.25) is 0 Å². The first-order chi connectivity index (χ1) is 37.0. The summed E-state index contributed by atoms with van der Waals surface area (Å²) in [5, 5.41) is 0. The van der Waals surface area contributed by atoms with E-state index in [4.69, 9.17) is 14.2 Å².